The molecule has 3 heterocycles. The summed E-state index contributed by atoms with van der Waals surface area (Å²) in [6.45, 7) is 0.181. The monoisotopic (exact) mass is 416 g/mol. The molecule has 0 amide bonds. The zero-order valence-corrected chi connectivity index (χ0v) is 16.8. The summed E-state index contributed by atoms with van der Waals surface area (Å²) >= 11 is 1.44. The Morgan fingerprint density at radius 1 is 1.07 bits per heavy atom. The summed E-state index contributed by atoms with van der Waals surface area (Å²) in [7, 11) is 1.61. The molecule has 0 unspecified atom stereocenters. The highest BCUT2D eigenvalue weighted by molar-refractivity contribution is 7.22. The molecule has 0 radical (unpaired) electrons. The van der Waals surface area contributed by atoms with E-state index in [1.807, 2.05) is 60.7 Å². The molecule has 0 spiro atoms. The Bertz CT molecular complexity index is 1370. The van der Waals surface area contributed by atoms with Crippen molar-refractivity contribution in [3.05, 3.63) is 83.2 Å². The standard InChI is InChI=1S/C22H16N4O3S/c1-28-16-9-7-15(8-10-16)21-24-19(25-29-21)12-26-13-23-17-11-18(30-20(17)22(26)27)14-5-3-2-4-6-14/h2-11,13H,12H2,1H3. The van der Waals surface area contributed by atoms with Crippen LogP contribution in [0.3, 0.4) is 0 Å². The highest BCUT2D eigenvalue weighted by atomic mass is 32.1. The zero-order valence-electron chi connectivity index (χ0n) is 16.0. The van der Waals surface area contributed by atoms with E-state index >= 15 is 0 Å². The van der Waals surface area contributed by atoms with Crippen LogP contribution >= 0.6 is 11.3 Å². The highest BCUT2D eigenvalue weighted by Crippen LogP contribution is 2.30. The van der Waals surface area contributed by atoms with Crippen molar-refractivity contribution in [2.75, 3.05) is 7.11 Å². The van der Waals surface area contributed by atoms with Crippen molar-refractivity contribution >= 4 is 21.6 Å². The van der Waals surface area contributed by atoms with E-state index in [1.165, 1.54) is 22.2 Å². The van der Waals surface area contributed by atoms with E-state index in [9.17, 15) is 4.79 Å². The van der Waals surface area contributed by atoms with Gasteiger partial charge in [0, 0.05) is 10.4 Å². The van der Waals surface area contributed by atoms with Crippen molar-refractivity contribution in [1.82, 2.24) is 19.7 Å². The molecule has 0 saturated carbocycles. The van der Waals surface area contributed by atoms with Crippen LogP contribution in [0.2, 0.25) is 0 Å². The van der Waals surface area contributed by atoms with Crippen LogP contribution in [0.1, 0.15) is 5.82 Å². The molecule has 30 heavy (non-hydrogen) atoms. The Kier molecular flexibility index (Phi) is 4.61. The molecule has 3 aromatic heterocycles. The maximum atomic E-state index is 13.0. The highest BCUT2D eigenvalue weighted by Gasteiger charge is 2.14. The zero-order chi connectivity index (χ0) is 20.5. The number of nitrogens with zero attached hydrogens (tertiary/aromatic N) is 4. The fraction of sp³-hybridized carbons (Fsp3) is 0.0909. The minimum atomic E-state index is -0.122. The third kappa shape index (κ3) is 3.37. The molecular weight excluding hydrogens is 400 g/mol. The molecule has 8 heteroatoms. The number of fused-ring (bicyclic) bond motifs is 1. The molecule has 0 bridgehead atoms. The summed E-state index contributed by atoms with van der Waals surface area (Å²) in [5.74, 6) is 1.54. The number of hydrogen-bond acceptors (Lipinski definition) is 7. The Hall–Kier alpha value is -3.78. The second-order valence-corrected chi connectivity index (χ2v) is 7.67. The quantitative estimate of drug-likeness (QED) is 0.426. The van der Waals surface area contributed by atoms with Gasteiger partial charge in [0.1, 0.15) is 10.4 Å². The Balaban J connectivity index is 1.43. The van der Waals surface area contributed by atoms with E-state index < -0.39 is 0 Å². The average molecular weight is 416 g/mol. The molecule has 2 aromatic carbocycles. The maximum absolute atomic E-state index is 13.0. The number of thiophene rings is 1. The number of methoxy groups -OCH3 is 1. The van der Waals surface area contributed by atoms with Gasteiger partial charge in [-0.2, -0.15) is 4.98 Å². The van der Waals surface area contributed by atoms with E-state index in [1.54, 1.807) is 7.11 Å². The number of ether oxygens (including phenoxy) is 1. The Morgan fingerprint density at radius 3 is 2.63 bits per heavy atom. The topological polar surface area (TPSA) is 83.0 Å². The summed E-state index contributed by atoms with van der Waals surface area (Å²) in [5, 5.41) is 4.00. The van der Waals surface area contributed by atoms with Crippen molar-refractivity contribution in [3.63, 3.8) is 0 Å². The SMILES string of the molecule is COc1ccc(-c2nc(Cn3cnc4cc(-c5ccccc5)sc4c3=O)no2)cc1. The molecular formula is C22H16N4O3S. The third-order valence-electron chi connectivity index (χ3n) is 4.68. The van der Waals surface area contributed by atoms with Gasteiger partial charge in [0.25, 0.3) is 11.4 Å². The molecule has 0 aliphatic heterocycles. The first kappa shape index (κ1) is 18.3. The van der Waals surface area contributed by atoms with Gasteiger partial charge in [-0.15, -0.1) is 11.3 Å². The van der Waals surface area contributed by atoms with Crippen LogP contribution in [0.15, 0.2) is 76.3 Å². The van der Waals surface area contributed by atoms with Gasteiger partial charge in [0.05, 0.1) is 25.5 Å². The number of hydrogen-bond donors (Lipinski definition) is 0. The van der Waals surface area contributed by atoms with Crippen LogP contribution < -0.4 is 10.3 Å². The first-order chi connectivity index (χ1) is 14.7. The smallest absolute Gasteiger partial charge is 0.271 e. The van der Waals surface area contributed by atoms with Gasteiger partial charge in [-0.25, -0.2) is 4.98 Å². The lowest BCUT2D eigenvalue weighted by Gasteiger charge is -2.00. The fourth-order valence-corrected chi connectivity index (χ4v) is 4.19. The Morgan fingerprint density at radius 2 is 1.87 bits per heavy atom. The fourth-order valence-electron chi connectivity index (χ4n) is 3.12. The molecule has 7 nitrogen and oxygen atoms in total. The summed E-state index contributed by atoms with van der Waals surface area (Å²) < 4.78 is 12.6. The van der Waals surface area contributed by atoms with Gasteiger partial charge < -0.3 is 9.26 Å². The molecule has 148 valence electrons. The van der Waals surface area contributed by atoms with Crippen LogP contribution in [0.5, 0.6) is 5.75 Å². The minimum Gasteiger partial charge on any atom is -0.497 e. The van der Waals surface area contributed by atoms with E-state index in [2.05, 4.69) is 15.1 Å². The molecule has 0 atom stereocenters. The molecule has 0 saturated heterocycles. The largest absolute Gasteiger partial charge is 0.497 e. The summed E-state index contributed by atoms with van der Waals surface area (Å²) in [6, 6.07) is 19.2. The Labute approximate surface area is 175 Å². The number of benzene rings is 2. The molecule has 0 aliphatic carbocycles. The molecule has 5 rings (SSSR count). The lowest BCUT2D eigenvalue weighted by atomic mass is 10.2. The first-order valence-electron chi connectivity index (χ1n) is 9.23. The van der Waals surface area contributed by atoms with Gasteiger partial charge in [-0.3, -0.25) is 9.36 Å². The van der Waals surface area contributed by atoms with Crippen molar-refractivity contribution in [3.8, 4) is 27.6 Å². The molecule has 0 aliphatic rings. The van der Waals surface area contributed by atoms with Crippen LogP contribution in [-0.4, -0.2) is 26.8 Å². The van der Waals surface area contributed by atoms with Gasteiger partial charge in [-0.05, 0) is 35.9 Å². The average Bonchev–Trinajstić information content (AvgIpc) is 3.44. The summed E-state index contributed by atoms with van der Waals surface area (Å²) in [5.41, 5.74) is 2.41. The van der Waals surface area contributed by atoms with Gasteiger partial charge in [0.15, 0.2) is 5.82 Å². The number of rotatable bonds is 5. The molecule has 0 fully saturated rings. The van der Waals surface area contributed by atoms with E-state index in [4.69, 9.17) is 9.26 Å². The van der Waals surface area contributed by atoms with E-state index in [0.717, 1.165) is 21.8 Å². The minimum absolute atomic E-state index is 0.122. The number of aromatic nitrogens is 4. The molecule has 5 aromatic rings. The van der Waals surface area contributed by atoms with Crippen LogP contribution in [-0.2, 0) is 6.54 Å². The van der Waals surface area contributed by atoms with Crippen LogP contribution in [0.25, 0.3) is 32.1 Å². The molecule has 0 N–H and O–H groups in total. The first-order valence-corrected chi connectivity index (χ1v) is 10.0. The maximum Gasteiger partial charge on any atom is 0.271 e. The third-order valence-corrected chi connectivity index (χ3v) is 5.84. The van der Waals surface area contributed by atoms with Gasteiger partial charge in [-0.1, -0.05) is 35.5 Å². The van der Waals surface area contributed by atoms with Crippen molar-refractivity contribution in [2.24, 2.45) is 0 Å². The normalized spacial score (nSPS) is 11.1. The lowest BCUT2D eigenvalue weighted by molar-refractivity contribution is 0.413. The second kappa shape index (κ2) is 7.57. The van der Waals surface area contributed by atoms with Gasteiger partial charge in [0.2, 0.25) is 0 Å². The lowest BCUT2D eigenvalue weighted by Crippen LogP contribution is -2.20. The van der Waals surface area contributed by atoms with E-state index in [0.29, 0.717) is 21.9 Å². The second-order valence-electron chi connectivity index (χ2n) is 6.61. The summed E-state index contributed by atoms with van der Waals surface area (Å²) in [4.78, 5) is 22.8. The predicted octanol–water partition coefficient (Wildman–Crippen LogP) is 4.23. The van der Waals surface area contributed by atoms with Crippen molar-refractivity contribution < 1.29 is 9.26 Å². The van der Waals surface area contributed by atoms with Crippen molar-refractivity contribution in [2.45, 2.75) is 6.54 Å². The van der Waals surface area contributed by atoms with Crippen LogP contribution in [0.4, 0.5) is 0 Å². The summed E-state index contributed by atoms with van der Waals surface area (Å²) in [6.07, 6.45) is 1.52. The van der Waals surface area contributed by atoms with Crippen molar-refractivity contribution in [1.29, 1.82) is 0 Å². The van der Waals surface area contributed by atoms with Crippen LogP contribution in [0, 0.1) is 0 Å². The van der Waals surface area contributed by atoms with E-state index in [-0.39, 0.29) is 12.1 Å². The van der Waals surface area contributed by atoms with Gasteiger partial charge >= 0.3 is 0 Å². The predicted molar refractivity (Wildman–Crippen MR) is 115 cm³/mol.